The molecule has 2 fully saturated rings. The van der Waals surface area contributed by atoms with Crippen molar-refractivity contribution in [3.05, 3.63) is 42.4 Å². The Labute approximate surface area is 229 Å². The zero-order valence-electron chi connectivity index (χ0n) is 22.8. The van der Waals surface area contributed by atoms with Crippen LogP contribution in [0.4, 0.5) is 16.3 Å². The molecule has 39 heavy (non-hydrogen) atoms. The van der Waals surface area contributed by atoms with E-state index in [-0.39, 0.29) is 18.7 Å². The number of benzene rings is 1. The van der Waals surface area contributed by atoms with Gasteiger partial charge in [-0.25, -0.2) is 14.8 Å². The molecule has 1 saturated heterocycles. The lowest BCUT2D eigenvalue weighted by Gasteiger charge is -2.34. The van der Waals surface area contributed by atoms with Crippen molar-refractivity contribution in [2.24, 2.45) is 0 Å². The molecule has 10 nitrogen and oxygen atoms in total. The lowest BCUT2D eigenvalue weighted by atomic mass is 9.96. The molecule has 1 aliphatic carbocycles. The van der Waals surface area contributed by atoms with Gasteiger partial charge in [-0.2, -0.15) is 0 Å². The molecule has 210 valence electrons. The summed E-state index contributed by atoms with van der Waals surface area (Å²) < 4.78 is 13.9. The molecular formula is C29H40N6O4. The number of urea groups is 1. The summed E-state index contributed by atoms with van der Waals surface area (Å²) in [5.74, 6) is 1.59. The number of hydrogen-bond donors (Lipinski definition) is 3. The quantitative estimate of drug-likeness (QED) is 0.330. The van der Waals surface area contributed by atoms with Crippen LogP contribution in [0.25, 0.3) is 11.0 Å². The Morgan fingerprint density at radius 3 is 2.67 bits per heavy atom. The maximum absolute atomic E-state index is 12.7. The van der Waals surface area contributed by atoms with E-state index in [9.17, 15) is 4.79 Å². The lowest BCUT2D eigenvalue weighted by Crippen LogP contribution is -2.49. The molecule has 1 saturated carbocycles. The summed E-state index contributed by atoms with van der Waals surface area (Å²) in [6, 6.07) is 8.44. The average Bonchev–Trinajstić information content (AvgIpc) is 3.37. The molecule has 0 radical (unpaired) electrons. The van der Waals surface area contributed by atoms with Gasteiger partial charge in [-0.1, -0.05) is 19.3 Å². The normalized spacial score (nSPS) is 16.9. The number of likely N-dealkylation sites (tertiary alicyclic amines) is 1. The Hall–Kier alpha value is -3.37. The van der Waals surface area contributed by atoms with Gasteiger partial charge in [0.15, 0.2) is 5.82 Å². The van der Waals surface area contributed by atoms with E-state index in [1.54, 1.807) is 6.33 Å². The number of aryl methyl sites for hydroxylation is 1. The second-order valence-electron chi connectivity index (χ2n) is 10.5. The van der Waals surface area contributed by atoms with Crippen LogP contribution in [0.2, 0.25) is 0 Å². The number of aliphatic hydroxyl groups excluding tert-OH is 1. The van der Waals surface area contributed by atoms with Crippen LogP contribution in [0.1, 0.15) is 50.5 Å². The third-order valence-electron chi connectivity index (χ3n) is 7.66. The van der Waals surface area contributed by atoms with E-state index in [4.69, 9.17) is 14.6 Å². The number of amides is 2. The van der Waals surface area contributed by atoms with Crippen molar-refractivity contribution in [3.8, 4) is 5.75 Å². The highest BCUT2D eigenvalue weighted by atomic mass is 16.5. The molecule has 5 rings (SSSR count). The maximum Gasteiger partial charge on any atom is 0.317 e. The van der Waals surface area contributed by atoms with Crippen molar-refractivity contribution in [3.63, 3.8) is 0 Å². The van der Waals surface area contributed by atoms with Gasteiger partial charge in [-0.3, -0.25) is 0 Å². The van der Waals surface area contributed by atoms with E-state index in [2.05, 4.69) is 31.2 Å². The summed E-state index contributed by atoms with van der Waals surface area (Å²) in [5, 5.41) is 15.6. The molecule has 0 spiro atoms. The second kappa shape index (κ2) is 13.1. The third kappa shape index (κ3) is 6.99. The first kappa shape index (κ1) is 27.2. The maximum atomic E-state index is 12.7. The van der Waals surface area contributed by atoms with E-state index >= 15 is 0 Å². The molecule has 1 aliphatic heterocycles. The van der Waals surface area contributed by atoms with Crippen molar-refractivity contribution in [1.29, 1.82) is 0 Å². The molecule has 0 unspecified atom stereocenters. The Kier molecular flexibility index (Phi) is 9.15. The number of aromatic nitrogens is 3. The summed E-state index contributed by atoms with van der Waals surface area (Å²) in [6.45, 7) is 4.95. The Balaban J connectivity index is 1.16. The number of rotatable bonds is 10. The molecular weight excluding hydrogens is 496 g/mol. The first-order valence-corrected chi connectivity index (χ1v) is 14.2. The molecule has 2 amide bonds. The van der Waals surface area contributed by atoms with Crippen LogP contribution < -0.4 is 15.4 Å². The number of nitrogens with zero attached hydrogens (tertiary/aromatic N) is 4. The smallest absolute Gasteiger partial charge is 0.317 e. The Morgan fingerprint density at radius 2 is 1.90 bits per heavy atom. The summed E-state index contributed by atoms with van der Waals surface area (Å²) >= 11 is 0. The first-order valence-electron chi connectivity index (χ1n) is 14.2. The van der Waals surface area contributed by atoms with Gasteiger partial charge in [-0.05, 0) is 49.6 Å². The number of hydrogen-bond acceptors (Lipinski definition) is 7. The van der Waals surface area contributed by atoms with Crippen molar-refractivity contribution >= 4 is 28.6 Å². The number of ether oxygens (including phenoxy) is 2. The third-order valence-corrected chi connectivity index (χ3v) is 7.66. The standard InChI is InChI=1S/C29H40N6O4/c1-21-19-23(32-28-27-25(30-20-31-28)11-14-34(27)15-17-38-18-16-36)7-8-26(21)39-24-9-12-35(13-10-24)29(37)33-22-5-3-2-4-6-22/h7-8,11,14,19-20,22,24,36H,2-6,9-10,12-13,15-18H2,1H3,(H,33,37)(H,30,31,32). The van der Waals surface area contributed by atoms with Crippen LogP contribution in [0.15, 0.2) is 36.8 Å². The van der Waals surface area contributed by atoms with Crippen molar-refractivity contribution < 1.29 is 19.4 Å². The van der Waals surface area contributed by atoms with Crippen LogP contribution in [-0.4, -0.2) is 75.6 Å². The molecule has 10 heteroatoms. The van der Waals surface area contributed by atoms with Gasteiger partial charge in [-0.15, -0.1) is 0 Å². The molecule has 0 atom stereocenters. The SMILES string of the molecule is Cc1cc(Nc2ncnc3ccn(CCOCCO)c23)ccc1OC1CCN(C(=O)NC2CCCCC2)CC1. The van der Waals surface area contributed by atoms with Crippen LogP contribution >= 0.6 is 0 Å². The van der Waals surface area contributed by atoms with Gasteiger partial charge < -0.3 is 34.7 Å². The van der Waals surface area contributed by atoms with Gasteiger partial charge in [0.1, 0.15) is 23.7 Å². The number of carbonyl (C=O) groups is 1. The number of fused-ring (bicyclic) bond motifs is 1. The minimum atomic E-state index is 0.0120. The predicted octanol–water partition coefficient (Wildman–Crippen LogP) is 4.38. The molecule has 0 bridgehead atoms. The predicted molar refractivity (Wildman–Crippen MR) is 151 cm³/mol. The monoisotopic (exact) mass is 536 g/mol. The molecule has 3 N–H and O–H groups in total. The number of aliphatic hydroxyl groups is 1. The van der Waals surface area contributed by atoms with Gasteiger partial charge >= 0.3 is 6.03 Å². The zero-order valence-corrected chi connectivity index (χ0v) is 22.8. The minimum Gasteiger partial charge on any atom is -0.490 e. The summed E-state index contributed by atoms with van der Waals surface area (Å²) in [4.78, 5) is 23.5. The lowest BCUT2D eigenvalue weighted by molar-refractivity contribution is 0.0875. The largest absolute Gasteiger partial charge is 0.490 e. The fourth-order valence-electron chi connectivity index (χ4n) is 5.51. The number of carbonyl (C=O) groups excluding carboxylic acids is 1. The van der Waals surface area contributed by atoms with Gasteiger partial charge in [0, 0.05) is 50.4 Å². The second-order valence-corrected chi connectivity index (χ2v) is 10.5. The summed E-state index contributed by atoms with van der Waals surface area (Å²) in [5.41, 5.74) is 3.71. The summed E-state index contributed by atoms with van der Waals surface area (Å²) in [6.07, 6.45) is 11.2. The van der Waals surface area contributed by atoms with Gasteiger partial charge in [0.25, 0.3) is 0 Å². The van der Waals surface area contributed by atoms with Gasteiger partial charge in [0.2, 0.25) is 0 Å². The van der Waals surface area contributed by atoms with Gasteiger partial charge in [0.05, 0.1) is 25.3 Å². The summed E-state index contributed by atoms with van der Waals surface area (Å²) in [7, 11) is 0. The molecule has 3 aromatic rings. The fraction of sp³-hybridized carbons (Fsp3) is 0.552. The van der Waals surface area contributed by atoms with E-state index in [1.807, 2.05) is 36.2 Å². The van der Waals surface area contributed by atoms with Crippen LogP contribution in [-0.2, 0) is 11.3 Å². The molecule has 2 aliphatic rings. The Morgan fingerprint density at radius 1 is 1.08 bits per heavy atom. The fourth-order valence-corrected chi connectivity index (χ4v) is 5.51. The number of nitrogens with one attached hydrogen (secondary N) is 2. The van der Waals surface area contributed by atoms with Crippen molar-refractivity contribution in [1.82, 2.24) is 24.8 Å². The topological polar surface area (TPSA) is 114 Å². The van der Waals surface area contributed by atoms with E-state index in [0.29, 0.717) is 25.8 Å². The highest BCUT2D eigenvalue weighted by Crippen LogP contribution is 2.29. The van der Waals surface area contributed by atoms with E-state index in [1.165, 1.54) is 19.3 Å². The minimum absolute atomic E-state index is 0.0120. The number of anilines is 2. The van der Waals surface area contributed by atoms with Crippen LogP contribution in [0.5, 0.6) is 5.75 Å². The van der Waals surface area contributed by atoms with E-state index in [0.717, 1.165) is 72.6 Å². The first-order chi connectivity index (χ1) is 19.1. The van der Waals surface area contributed by atoms with Crippen molar-refractivity contribution in [2.75, 3.05) is 38.2 Å². The zero-order chi connectivity index (χ0) is 27.0. The average molecular weight is 537 g/mol. The van der Waals surface area contributed by atoms with E-state index < -0.39 is 0 Å². The van der Waals surface area contributed by atoms with Crippen LogP contribution in [0, 0.1) is 6.92 Å². The molecule has 1 aromatic carbocycles. The number of piperidine rings is 1. The molecule has 2 aromatic heterocycles. The molecule has 3 heterocycles. The van der Waals surface area contributed by atoms with Crippen LogP contribution in [0.3, 0.4) is 0 Å². The Bertz CT molecular complexity index is 1230. The highest BCUT2D eigenvalue weighted by molar-refractivity contribution is 5.88. The van der Waals surface area contributed by atoms with Crippen molar-refractivity contribution in [2.45, 2.75) is 70.6 Å². The highest BCUT2D eigenvalue weighted by Gasteiger charge is 2.26.